The molecule has 0 radical (unpaired) electrons. The summed E-state index contributed by atoms with van der Waals surface area (Å²) in [6.07, 6.45) is 7.05. The van der Waals surface area contributed by atoms with E-state index in [1.165, 1.54) is 22.3 Å². The molecule has 0 unspecified atom stereocenters. The predicted molar refractivity (Wildman–Crippen MR) is 85.5 cm³/mol. The van der Waals surface area contributed by atoms with Crippen molar-refractivity contribution in [2.45, 2.75) is 31.7 Å². The lowest BCUT2D eigenvalue weighted by Crippen LogP contribution is -2.38. The molecule has 21 heavy (non-hydrogen) atoms. The Morgan fingerprint density at radius 3 is 2.90 bits per heavy atom. The number of hydrogen-bond acceptors (Lipinski definition) is 3. The molecule has 2 aromatic rings. The zero-order chi connectivity index (χ0) is 14.3. The Balaban J connectivity index is 1.75. The van der Waals surface area contributed by atoms with Crippen molar-refractivity contribution < 1.29 is 0 Å². The molecular weight excluding hydrogens is 258 g/mol. The molecular formula is C18H19N3. The SMILES string of the molecule is CC1=N[C@]2(CCc3c(cccc3-c3cccnc3)C2)CN1. The van der Waals surface area contributed by atoms with Gasteiger partial charge in [0.05, 0.1) is 11.4 Å². The van der Waals surface area contributed by atoms with E-state index < -0.39 is 0 Å². The summed E-state index contributed by atoms with van der Waals surface area (Å²) >= 11 is 0. The summed E-state index contributed by atoms with van der Waals surface area (Å²) in [4.78, 5) is 9.13. The summed E-state index contributed by atoms with van der Waals surface area (Å²) in [5, 5.41) is 3.40. The summed E-state index contributed by atoms with van der Waals surface area (Å²) < 4.78 is 0. The van der Waals surface area contributed by atoms with Crippen LogP contribution in [0.5, 0.6) is 0 Å². The Morgan fingerprint density at radius 1 is 1.19 bits per heavy atom. The lowest BCUT2D eigenvalue weighted by molar-refractivity contribution is 0.395. The van der Waals surface area contributed by atoms with Gasteiger partial charge in [-0.25, -0.2) is 0 Å². The molecule has 1 N–H and O–H groups in total. The molecule has 2 aliphatic rings. The number of hydrogen-bond donors (Lipinski definition) is 1. The van der Waals surface area contributed by atoms with Gasteiger partial charge in [-0.1, -0.05) is 24.3 Å². The number of fused-ring (bicyclic) bond motifs is 1. The summed E-state index contributed by atoms with van der Waals surface area (Å²) in [6, 6.07) is 10.8. The minimum absolute atomic E-state index is 0.0879. The standard InChI is InChI=1S/C18H19N3/c1-13-20-12-18(21-13)8-7-17-14(10-18)4-2-6-16(17)15-5-3-9-19-11-15/h2-6,9,11H,7-8,10,12H2,1H3,(H,20,21)/t18-/m0/s1. The molecule has 1 spiro atoms. The maximum absolute atomic E-state index is 4.87. The van der Waals surface area contributed by atoms with Crippen molar-refractivity contribution in [1.29, 1.82) is 0 Å². The quantitative estimate of drug-likeness (QED) is 0.870. The first-order chi connectivity index (χ1) is 10.3. The Kier molecular flexibility index (Phi) is 2.81. The third-order valence-corrected chi connectivity index (χ3v) is 4.68. The van der Waals surface area contributed by atoms with Gasteiger partial charge < -0.3 is 5.32 Å². The van der Waals surface area contributed by atoms with Gasteiger partial charge in [0.25, 0.3) is 0 Å². The van der Waals surface area contributed by atoms with Gasteiger partial charge in [-0.2, -0.15) is 0 Å². The van der Waals surface area contributed by atoms with E-state index in [0.29, 0.717) is 0 Å². The van der Waals surface area contributed by atoms with Gasteiger partial charge in [0, 0.05) is 24.5 Å². The van der Waals surface area contributed by atoms with Gasteiger partial charge in [-0.15, -0.1) is 0 Å². The van der Waals surface area contributed by atoms with Crippen molar-refractivity contribution in [1.82, 2.24) is 10.3 Å². The maximum Gasteiger partial charge on any atom is 0.0940 e. The first-order valence-electron chi connectivity index (χ1n) is 7.57. The Morgan fingerprint density at radius 2 is 2.14 bits per heavy atom. The number of amidine groups is 1. The van der Waals surface area contributed by atoms with E-state index in [9.17, 15) is 0 Å². The summed E-state index contributed by atoms with van der Waals surface area (Å²) in [5.74, 6) is 1.09. The van der Waals surface area contributed by atoms with Crippen LogP contribution in [0.2, 0.25) is 0 Å². The van der Waals surface area contributed by atoms with Crippen LogP contribution in [0.4, 0.5) is 0 Å². The van der Waals surface area contributed by atoms with Crippen LogP contribution >= 0.6 is 0 Å². The normalized spacial score (nSPS) is 23.6. The number of pyridine rings is 1. The second-order valence-corrected chi connectivity index (χ2v) is 6.14. The fraction of sp³-hybridized carbons (Fsp3) is 0.333. The van der Waals surface area contributed by atoms with Crippen molar-refractivity contribution in [3.05, 3.63) is 53.9 Å². The molecule has 1 aromatic heterocycles. The second-order valence-electron chi connectivity index (χ2n) is 6.14. The monoisotopic (exact) mass is 277 g/mol. The van der Waals surface area contributed by atoms with Crippen LogP contribution in [0.1, 0.15) is 24.5 Å². The van der Waals surface area contributed by atoms with E-state index in [1.54, 1.807) is 0 Å². The van der Waals surface area contributed by atoms with E-state index in [-0.39, 0.29) is 5.54 Å². The molecule has 3 nitrogen and oxygen atoms in total. The third kappa shape index (κ3) is 2.13. The summed E-state index contributed by atoms with van der Waals surface area (Å²) in [7, 11) is 0. The van der Waals surface area contributed by atoms with Crippen LogP contribution in [0.3, 0.4) is 0 Å². The minimum atomic E-state index is 0.0879. The maximum atomic E-state index is 4.87. The number of aliphatic imine (C=N–C) groups is 1. The van der Waals surface area contributed by atoms with E-state index >= 15 is 0 Å². The number of nitrogens with zero attached hydrogens (tertiary/aromatic N) is 2. The van der Waals surface area contributed by atoms with Crippen molar-refractivity contribution in [3.63, 3.8) is 0 Å². The highest BCUT2D eigenvalue weighted by molar-refractivity contribution is 5.82. The smallest absolute Gasteiger partial charge is 0.0940 e. The van der Waals surface area contributed by atoms with E-state index in [2.05, 4.69) is 41.5 Å². The molecule has 1 aromatic carbocycles. The van der Waals surface area contributed by atoms with Crippen LogP contribution < -0.4 is 5.32 Å². The molecule has 106 valence electrons. The highest BCUT2D eigenvalue weighted by atomic mass is 15.1. The molecule has 1 aliphatic heterocycles. The molecule has 0 fully saturated rings. The highest BCUT2D eigenvalue weighted by Crippen LogP contribution is 2.37. The number of benzene rings is 1. The van der Waals surface area contributed by atoms with Crippen molar-refractivity contribution in [2.75, 3.05) is 6.54 Å². The Hall–Kier alpha value is -2.16. The molecule has 1 aliphatic carbocycles. The lowest BCUT2D eigenvalue weighted by Gasteiger charge is -2.32. The van der Waals surface area contributed by atoms with Crippen molar-refractivity contribution >= 4 is 5.84 Å². The molecule has 0 bridgehead atoms. The average Bonchev–Trinajstić information content (AvgIpc) is 2.88. The number of rotatable bonds is 1. The van der Waals surface area contributed by atoms with Gasteiger partial charge in [0.2, 0.25) is 0 Å². The third-order valence-electron chi connectivity index (χ3n) is 4.68. The molecule has 4 rings (SSSR count). The molecule has 0 saturated heterocycles. The van der Waals surface area contributed by atoms with Gasteiger partial charge in [-0.3, -0.25) is 9.98 Å². The van der Waals surface area contributed by atoms with Gasteiger partial charge in [0.1, 0.15) is 0 Å². The summed E-state index contributed by atoms with van der Waals surface area (Å²) in [6.45, 7) is 3.05. The van der Waals surface area contributed by atoms with Crippen LogP contribution in [-0.2, 0) is 12.8 Å². The first kappa shape index (κ1) is 12.6. The number of nitrogens with one attached hydrogen (secondary N) is 1. The zero-order valence-electron chi connectivity index (χ0n) is 12.3. The fourth-order valence-electron chi connectivity index (χ4n) is 3.66. The molecule has 0 amide bonds. The molecule has 3 heteroatoms. The van der Waals surface area contributed by atoms with E-state index in [1.807, 2.05) is 18.5 Å². The molecule has 1 atom stereocenters. The Bertz CT molecular complexity index is 706. The Labute approximate surface area is 125 Å². The second kappa shape index (κ2) is 4.69. The van der Waals surface area contributed by atoms with Gasteiger partial charge >= 0.3 is 0 Å². The molecule has 2 heterocycles. The predicted octanol–water partition coefficient (Wildman–Crippen LogP) is 3.00. The van der Waals surface area contributed by atoms with E-state index in [0.717, 1.165) is 31.6 Å². The van der Waals surface area contributed by atoms with Gasteiger partial charge in [0.15, 0.2) is 0 Å². The van der Waals surface area contributed by atoms with Gasteiger partial charge in [-0.05, 0) is 48.9 Å². The first-order valence-corrected chi connectivity index (χ1v) is 7.57. The van der Waals surface area contributed by atoms with E-state index in [4.69, 9.17) is 4.99 Å². The van der Waals surface area contributed by atoms with Crippen LogP contribution in [0, 0.1) is 0 Å². The van der Waals surface area contributed by atoms with Crippen LogP contribution in [0.15, 0.2) is 47.7 Å². The number of aromatic nitrogens is 1. The van der Waals surface area contributed by atoms with Crippen LogP contribution in [-0.4, -0.2) is 22.9 Å². The molecule has 0 saturated carbocycles. The largest absolute Gasteiger partial charge is 0.372 e. The average molecular weight is 277 g/mol. The van der Waals surface area contributed by atoms with Crippen molar-refractivity contribution in [3.8, 4) is 11.1 Å². The minimum Gasteiger partial charge on any atom is -0.372 e. The zero-order valence-corrected chi connectivity index (χ0v) is 12.3. The topological polar surface area (TPSA) is 37.3 Å². The highest BCUT2D eigenvalue weighted by Gasteiger charge is 2.37. The van der Waals surface area contributed by atoms with Crippen LogP contribution in [0.25, 0.3) is 11.1 Å². The fourth-order valence-corrected chi connectivity index (χ4v) is 3.66. The lowest BCUT2D eigenvalue weighted by atomic mass is 9.76. The van der Waals surface area contributed by atoms with Crippen molar-refractivity contribution in [2.24, 2.45) is 4.99 Å². The summed E-state index contributed by atoms with van der Waals surface area (Å²) in [5.41, 5.74) is 5.57.